The van der Waals surface area contributed by atoms with Crippen LogP contribution in [0.3, 0.4) is 0 Å². The summed E-state index contributed by atoms with van der Waals surface area (Å²) in [6.07, 6.45) is 0.306. The average Bonchev–Trinajstić information content (AvgIpc) is 2.88. The largest absolute Gasteiger partial charge is 0.393 e. The second-order valence-corrected chi connectivity index (χ2v) is 3.91. The summed E-state index contributed by atoms with van der Waals surface area (Å²) in [4.78, 5) is 0. The van der Waals surface area contributed by atoms with Crippen molar-refractivity contribution in [2.45, 2.75) is 25.4 Å². The summed E-state index contributed by atoms with van der Waals surface area (Å²) in [6.45, 7) is 1.68. The molecule has 1 aliphatic rings. The van der Waals surface area contributed by atoms with E-state index < -0.39 is 11.9 Å². The lowest BCUT2D eigenvalue weighted by Crippen LogP contribution is -2.04. The maximum absolute atomic E-state index is 13.2. The van der Waals surface area contributed by atoms with Crippen LogP contribution in [0, 0.1) is 17.6 Å². The fourth-order valence-electron chi connectivity index (χ4n) is 1.90. The zero-order chi connectivity index (χ0) is 10.3. The van der Waals surface area contributed by atoms with Crippen LogP contribution in [0.2, 0.25) is 0 Å². The van der Waals surface area contributed by atoms with Gasteiger partial charge in [-0.05, 0) is 48.9 Å². The van der Waals surface area contributed by atoms with Crippen LogP contribution < -0.4 is 0 Å². The first-order valence-corrected chi connectivity index (χ1v) is 4.72. The lowest BCUT2D eigenvalue weighted by Gasteiger charge is -2.04. The van der Waals surface area contributed by atoms with Gasteiger partial charge >= 0.3 is 0 Å². The Labute approximate surface area is 81.4 Å². The standard InChI is InChI=1S/C11H12F2O/c1-6(14)8-5-9(8)10-4-7(12)2-3-11(10)13/h2-4,6,8-9,14H,5H2,1H3/t6-,8+,9+/m0/s1. The van der Waals surface area contributed by atoms with Gasteiger partial charge in [-0.25, -0.2) is 8.78 Å². The van der Waals surface area contributed by atoms with Gasteiger partial charge in [0.2, 0.25) is 0 Å². The Hall–Kier alpha value is -0.960. The molecule has 0 aromatic heterocycles. The Morgan fingerprint density at radius 3 is 2.71 bits per heavy atom. The third-order valence-electron chi connectivity index (χ3n) is 2.82. The molecular weight excluding hydrogens is 186 g/mol. The van der Waals surface area contributed by atoms with Crippen molar-refractivity contribution in [3.05, 3.63) is 35.4 Å². The Balaban J connectivity index is 2.22. The van der Waals surface area contributed by atoms with Gasteiger partial charge in [0.25, 0.3) is 0 Å². The quantitative estimate of drug-likeness (QED) is 0.773. The Morgan fingerprint density at radius 1 is 1.43 bits per heavy atom. The highest BCUT2D eigenvalue weighted by Gasteiger charge is 2.42. The minimum absolute atomic E-state index is 0.00861. The first kappa shape index (κ1) is 9.59. The molecule has 0 bridgehead atoms. The number of aliphatic hydroxyl groups is 1. The zero-order valence-corrected chi connectivity index (χ0v) is 7.87. The summed E-state index contributed by atoms with van der Waals surface area (Å²) in [7, 11) is 0. The molecule has 1 saturated carbocycles. The van der Waals surface area contributed by atoms with Gasteiger partial charge < -0.3 is 5.11 Å². The van der Waals surface area contributed by atoms with E-state index in [1.165, 1.54) is 6.07 Å². The van der Waals surface area contributed by atoms with Crippen LogP contribution in [0.5, 0.6) is 0 Å². The minimum Gasteiger partial charge on any atom is -0.393 e. The fourth-order valence-corrected chi connectivity index (χ4v) is 1.90. The summed E-state index contributed by atoms with van der Waals surface area (Å²) in [5.74, 6) is -0.714. The van der Waals surface area contributed by atoms with Crippen molar-refractivity contribution in [3.63, 3.8) is 0 Å². The van der Waals surface area contributed by atoms with Crippen molar-refractivity contribution in [2.75, 3.05) is 0 Å². The van der Waals surface area contributed by atoms with Gasteiger partial charge in [-0.2, -0.15) is 0 Å². The van der Waals surface area contributed by atoms with Crippen LogP contribution >= 0.6 is 0 Å². The molecule has 1 N–H and O–H groups in total. The van der Waals surface area contributed by atoms with Gasteiger partial charge in [0.05, 0.1) is 6.10 Å². The van der Waals surface area contributed by atoms with E-state index in [1.54, 1.807) is 6.92 Å². The molecule has 0 saturated heterocycles. The van der Waals surface area contributed by atoms with E-state index in [9.17, 15) is 13.9 Å². The van der Waals surface area contributed by atoms with Gasteiger partial charge in [0.15, 0.2) is 0 Å². The summed E-state index contributed by atoms with van der Waals surface area (Å²) >= 11 is 0. The SMILES string of the molecule is C[C@H](O)[C@H]1C[C@H]1c1cc(F)ccc1F. The second-order valence-electron chi connectivity index (χ2n) is 3.91. The van der Waals surface area contributed by atoms with E-state index in [4.69, 9.17) is 0 Å². The predicted molar refractivity (Wildman–Crippen MR) is 48.9 cm³/mol. The van der Waals surface area contributed by atoms with Gasteiger partial charge in [-0.15, -0.1) is 0 Å². The third-order valence-corrected chi connectivity index (χ3v) is 2.82. The Morgan fingerprint density at radius 2 is 2.14 bits per heavy atom. The smallest absolute Gasteiger partial charge is 0.126 e. The Bertz CT molecular complexity index is 349. The third kappa shape index (κ3) is 1.64. The average molecular weight is 198 g/mol. The molecule has 0 aliphatic heterocycles. The summed E-state index contributed by atoms with van der Waals surface area (Å²) in [6, 6.07) is 3.48. The molecule has 2 rings (SSSR count). The van der Waals surface area contributed by atoms with Crippen LogP contribution in [-0.2, 0) is 0 Å². The molecule has 0 spiro atoms. The molecule has 1 aromatic rings. The molecule has 0 amide bonds. The molecule has 3 heteroatoms. The normalized spacial score (nSPS) is 27.4. The molecule has 14 heavy (non-hydrogen) atoms. The van der Waals surface area contributed by atoms with E-state index in [1.807, 2.05) is 0 Å². The van der Waals surface area contributed by atoms with E-state index in [-0.39, 0.29) is 17.7 Å². The van der Waals surface area contributed by atoms with Crippen molar-refractivity contribution in [1.82, 2.24) is 0 Å². The van der Waals surface area contributed by atoms with Gasteiger partial charge in [0, 0.05) is 0 Å². The highest BCUT2D eigenvalue weighted by atomic mass is 19.1. The van der Waals surface area contributed by atoms with Crippen molar-refractivity contribution < 1.29 is 13.9 Å². The summed E-state index contributed by atoms with van der Waals surface area (Å²) in [5.41, 5.74) is 0.399. The first-order valence-electron chi connectivity index (χ1n) is 4.72. The maximum atomic E-state index is 13.2. The topological polar surface area (TPSA) is 20.2 Å². The van der Waals surface area contributed by atoms with E-state index in [2.05, 4.69) is 0 Å². The fraction of sp³-hybridized carbons (Fsp3) is 0.455. The summed E-state index contributed by atoms with van der Waals surface area (Å²) in [5, 5.41) is 9.27. The van der Waals surface area contributed by atoms with Gasteiger partial charge in [-0.1, -0.05) is 0 Å². The van der Waals surface area contributed by atoms with Crippen molar-refractivity contribution in [1.29, 1.82) is 0 Å². The molecule has 76 valence electrons. The zero-order valence-electron chi connectivity index (χ0n) is 7.87. The Kier molecular flexibility index (Phi) is 2.27. The van der Waals surface area contributed by atoms with Crippen molar-refractivity contribution in [3.8, 4) is 0 Å². The summed E-state index contributed by atoms with van der Waals surface area (Å²) < 4.78 is 26.1. The van der Waals surface area contributed by atoms with Crippen LogP contribution in [-0.4, -0.2) is 11.2 Å². The molecule has 1 nitrogen and oxygen atoms in total. The number of hydrogen-bond donors (Lipinski definition) is 1. The molecule has 3 atom stereocenters. The first-order chi connectivity index (χ1) is 6.59. The molecule has 1 aliphatic carbocycles. The molecule has 0 unspecified atom stereocenters. The van der Waals surface area contributed by atoms with Crippen LogP contribution in [0.4, 0.5) is 8.78 Å². The minimum atomic E-state index is -0.442. The lowest BCUT2D eigenvalue weighted by molar-refractivity contribution is 0.168. The van der Waals surface area contributed by atoms with Gasteiger partial charge in [-0.3, -0.25) is 0 Å². The lowest BCUT2D eigenvalue weighted by atomic mass is 10.1. The predicted octanol–water partition coefficient (Wildman–Crippen LogP) is 2.45. The number of benzene rings is 1. The van der Waals surface area contributed by atoms with Crippen LogP contribution in [0.1, 0.15) is 24.8 Å². The van der Waals surface area contributed by atoms with Crippen molar-refractivity contribution >= 4 is 0 Å². The van der Waals surface area contributed by atoms with Crippen LogP contribution in [0.15, 0.2) is 18.2 Å². The number of hydrogen-bond acceptors (Lipinski definition) is 1. The molecule has 0 heterocycles. The maximum Gasteiger partial charge on any atom is 0.126 e. The highest BCUT2D eigenvalue weighted by molar-refractivity contribution is 5.28. The molecule has 0 radical (unpaired) electrons. The monoisotopic (exact) mass is 198 g/mol. The van der Waals surface area contributed by atoms with Crippen molar-refractivity contribution in [2.24, 2.45) is 5.92 Å². The number of aliphatic hydroxyl groups excluding tert-OH is 1. The van der Waals surface area contributed by atoms with Gasteiger partial charge in [0.1, 0.15) is 11.6 Å². The second kappa shape index (κ2) is 3.31. The number of rotatable bonds is 2. The molecular formula is C11H12F2O. The number of halogens is 2. The van der Waals surface area contributed by atoms with E-state index in [0.29, 0.717) is 5.56 Å². The van der Waals surface area contributed by atoms with Crippen LogP contribution in [0.25, 0.3) is 0 Å². The molecule has 1 fully saturated rings. The highest BCUT2D eigenvalue weighted by Crippen LogP contribution is 2.50. The van der Waals surface area contributed by atoms with E-state index in [0.717, 1.165) is 18.6 Å². The molecule has 1 aromatic carbocycles. The van der Waals surface area contributed by atoms with E-state index >= 15 is 0 Å².